The minimum atomic E-state index is -0.254. The Labute approximate surface area is 141 Å². The highest BCUT2D eigenvalue weighted by Crippen LogP contribution is 2.28. The summed E-state index contributed by atoms with van der Waals surface area (Å²) in [6, 6.07) is 5.25. The van der Waals surface area contributed by atoms with Crippen molar-refractivity contribution >= 4 is 29.4 Å². The first-order valence-corrected chi connectivity index (χ1v) is 7.63. The van der Waals surface area contributed by atoms with Crippen LogP contribution in [0.2, 0.25) is 0 Å². The van der Waals surface area contributed by atoms with Gasteiger partial charge in [0, 0.05) is 30.6 Å². The minimum absolute atomic E-state index is 0. The maximum Gasteiger partial charge on any atom is 0.409 e. The summed E-state index contributed by atoms with van der Waals surface area (Å²) >= 11 is 0. The van der Waals surface area contributed by atoms with E-state index >= 15 is 0 Å². The molecule has 1 aliphatic heterocycles. The monoisotopic (exact) mass is 336 g/mol. The van der Waals surface area contributed by atoms with Crippen molar-refractivity contribution in [1.82, 2.24) is 9.88 Å². The molecule has 2 aromatic rings. The second-order valence-corrected chi connectivity index (χ2v) is 5.55. The van der Waals surface area contributed by atoms with Crippen LogP contribution in [0.25, 0.3) is 10.9 Å². The standard InChI is InChI=1S/C17H20N2O3.ClH/c1-3-22-17(21)19-8-6-13-11(2)14-10-12(20)4-5-15(14)18-16(13)7-9-19;/h4-5,10,20H,3,6-9H2,1-2H3;1H. The lowest BCUT2D eigenvalue weighted by molar-refractivity contribution is 0.109. The van der Waals surface area contributed by atoms with Crippen LogP contribution in [0, 0.1) is 6.92 Å². The number of aromatic nitrogens is 1. The van der Waals surface area contributed by atoms with E-state index in [1.807, 2.05) is 13.0 Å². The molecule has 0 aliphatic carbocycles. The van der Waals surface area contributed by atoms with Gasteiger partial charge < -0.3 is 14.7 Å². The van der Waals surface area contributed by atoms with E-state index in [0.717, 1.165) is 35.0 Å². The number of amides is 1. The number of rotatable bonds is 1. The Hall–Kier alpha value is -2.01. The lowest BCUT2D eigenvalue weighted by Gasteiger charge is -2.18. The molecule has 0 saturated carbocycles. The smallest absolute Gasteiger partial charge is 0.409 e. The third kappa shape index (κ3) is 3.34. The van der Waals surface area contributed by atoms with Crippen LogP contribution in [0.15, 0.2) is 18.2 Å². The number of benzene rings is 1. The SMILES string of the molecule is CCOC(=O)N1CCc2nc3ccc(O)cc3c(C)c2CC1.Cl. The number of ether oxygens (including phenoxy) is 1. The van der Waals surface area contributed by atoms with Gasteiger partial charge in [-0.3, -0.25) is 4.98 Å². The molecule has 3 rings (SSSR count). The van der Waals surface area contributed by atoms with Crippen LogP contribution in [0.3, 0.4) is 0 Å². The zero-order valence-electron chi connectivity index (χ0n) is 13.3. The molecule has 23 heavy (non-hydrogen) atoms. The van der Waals surface area contributed by atoms with E-state index in [-0.39, 0.29) is 24.2 Å². The number of aromatic hydroxyl groups is 1. The summed E-state index contributed by atoms with van der Waals surface area (Å²) in [5.74, 6) is 0.249. The average molecular weight is 337 g/mol. The van der Waals surface area contributed by atoms with Crippen molar-refractivity contribution in [2.45, 2.75) is 26.7 Å². The molecule has 2 heterocycles. The number of pyridine rings is 1. The number of hydrogen-bond acceptors (Lipinski definition) is 4. The zero-order chi connectivity index (χ0) is 15.7. The molecule has 0 fully saturated rings. The van der Waals surface area contributed by atoms with Gasteiger partial charge in [-0.1, -0.05) is 0 Å². The molecule has 5 nitrogen and oxygen atoms in total. The minimum Gasteiger partial charge on any atom is -0.508 e. The van der Waals surface area contributed by atoms with Crippen LogP contribution in [0.5, 0.6) is 5.75 Å². The number of aryl methyl sites for hydroxylation is 1. The molecule has 6 heteroatoms. The summed E-state index contributed by atoms with van der Waals surface area (Å²) < 4.78 is 5.09. The van der Waals surface area contributed by atoms with Gasteiger partial charge in [0.25, 0.3) is 0 Å². The molecule has 124 valence electrons. The van der Waals surface area contributed by atoms with Crippen molar-refractivity contribution in [3.05, 3.63) is 35.0 Å². The molecule has 0 bridgehead atoms. The van der Waals surface area contributed by atoms with Crippen LogP contribution in [0.1, 0.15) is 23.7 Å². The summed E-state index contributed by atoms with van der Waals surface area (Å²) in [6.45, 7) is 5.53. The molecule has 0 spiro atoms. The Kier molecular flexibility index (Phi) is 5.31. The molecule has 1 aromatic carbocycles. The average Bonchev–Trinajstić information content (AvgIpc) is 2.71. The largest absolute Gasteiger partial charge is 0.508 e. The summed E-state index contributed by atoms with van der Waals surface area (Å²) in [4.78, 5) is 18.4. The number of phenolic OH excluding ortho intramolecular Hbond substituents is 1. The highest BCUT2D eigenvalue weighted by molar-refractivity contribution is 5.85. The van der Waals surface area contributed by atoms with Crippen molar-refractivity contribution in [2.75, 3.05) is 19.7 Å². The quantitative estimate of drug-likeness (QED) is 0.868. The molecule has 0 saturated heterocycles. The van der Waals surface area contributed by atoms with Crippen molar-refractivity contribution < 1.29 is 14.6 Å². The molecule has 0 atom stereocenters. The Morgan fingerprint density at radius 3 is 2.83 bits per heavy atom. The van der Waals surface area contributed by atoms with E-state index in [4.69, 9.17) is 9.72 Å². The lowest BCUT2D eigenvalue weighted by atomic mass is 9.98. The first kappa shape index (κ1) is 17.3. The van der Waals surface area contributed by atoms with Gasteiger partial charge in [0.15, 0.2) is 0 Å². The van der Waals surface area contributed by atoms with Gasteiger partial charge in [-0.25, -0.2) is 4.79 Å². The number of carbonyl (C=O) groups excluding carboxylic acids is 1. The third-order valence-corrected chi connectivity index (χ3v) is 4.22. The lowest BCUT2D eigenvalue weighted by Crippen LogP contribution is -2.33. The van der Waals surface area contributed by atoms with E-state index in [2.05, 4.69) is 6.92 Å². The summed E-state index contributed by atoms with van der Waals surface area (Å²) in [5, 5.41) is 10.7. The van der Waals surface area contributed by atoms with E-state index in [1.54, 1.807) is 17.0 Å². The Bertz CT molecular complexity index is 733. The molecule has 0 radical (unpaired) electrons. The Balaban J connectivity index is 0.00000192. The van der Waals surface area contributed by atoms with Gasteiger partial charge in [-0.15, -0.1) is 12.4 Å². The molecule has 0 unspecified atom stereocenters. The second-order valence-electron chi connectivity index (χ2n) is 5.55. The summed E-state index contributed by atoms with van der Waals surface area (Å²) in [7, 11) is 0. The fraction of sp³-hybridized carbons (Fsp3) is 0.412. The van der Waals surface area contributed by atoms with Crippen LogP contribution in [-0.2, 0) is 17.6 Å². The molecule has 1 amide bonds. The fourth-order valence-electron chi connectivity index (χ4n) is 3.05. The van der Waals surface area contributed by atoms with E-state index in [9.17, 15) is 9.90 Å². The number of carbonyl (C=O) groups is 1. The summed E-state index contributed by atoms with van der Waals surface area (Å²) in [5.41, 5.74) is 4.26. The zero-order valence-corrected chi connectivity index (χ0v) is 14.2. The topological polar surface area (TPSA) is 62.7 Å². The number of fused-ring (bicyclic) bond motifs is 2. The number of nitrogens with zero attached hydrogens (tertiary/aromatic N) is 2. The van der Waals surface area contributed by atoms with Gasteiger partial charge in [0.2, 0.25) is 0 Å². The van der Waals surface area contributed by atoms with E-state index in [0.29, 0.717) is 19.7 Å². The van der Waals surface area contributed by atoms with Crippen molar-refractivity contribution in [3.8, 4) is 5.75 Å². The fourth-order valence-corrected chi connectivity index (χ4v) is 3.05. The molecule has 1 N–H and O–H groups in total. The normalized spacial score (nSPS) is 13.9. The molecule has 1 aliphatic rings. The van der Waals surface area contributed by atoms with E-state index in [1.165, 1.54) is 5.56 Å². The molecular formula is C17H21ClN2O3. The van der Waals surface area contributed by atoms with Gasteiger partial charge in [0.1, 0.15) is 5.75 Å². The van der Waals surface area contributed by atoms with Gasteiger partial charge in [0.05, 0.1) is 12.1 Å². The maximum atomic E-state index is 11.9. The van der Waals surface area contributed by atoms with Crippen molar-refractivity contribution in [3.63, 3.8) is 0 Å². The van der Waals surface area contributed by atoms with Crippen LogP contribution in [0.4, 0.5) is 4.79 Å². The predicted octanol–water partition coefficient (Wildman–Crippen LogP) is 3.23. The Morgan fingerprint density at radius 1 is 1.35 bits per heavy atom. The predicted molar refractivity (Wildman–Crippen MR) is 91.4 cm³/mol. The van der Waals surface area contributed by atoms with E-state index < -0.39 is 0 Å². The number of halogens is 1. The maximum absolute atomic E-state index is 11.9. The Morgan fingerprint density at radius 2 is 2.09 bits per heavy atom. The van der Waals surface area contributed by atoms with Gasteiger partial charge >= 0.3 is 6.09 Å². The van der Waals surface area contributed by atoms with Crippen LogP contribution < -0.4 is 0 Å². The highest BCUT2D eigenvalue weighted by Gasteiger charge is 2.22. The number of hydrogen-bond donors (Lipinski definition) is 1. The van der Waals surface area contributed by atoms with Gasteiger partial charge in [-0.05, 0) is 49.6 Å². The van der Waals surface area contributed by atoms with Crippen molar-refractivity contribution in [2.24, 2.45) is 0 Å². The third-order valence-electron chi connectivity index (χ3n) is 4.22. The van der Waals surface area contributed by atoms with Crippen LogP contribution in [-0.4, -0.2) is 40.8 Å². The molecule has 1 aromatic heterocycles. The van der Waals surface area contributed by atoms with Gasteiger partial charge in [-0.2, -0.15) is 0 Å². The first-order chi connectivity index (χ1) is 10.6. The molecular weight excluding hydrogens is 316 g/mol. The second kappa shape index (κ2) is 7.04. The van der Waals surface area contributed by atoms with Crippen LogP contribution >= 0.6 is 12.4 Å². The number of phenols is 1. The summed E-state index contributed by atoms with van der Waals surface area (Å²) in [6.07, 6.45) is 1.24. The first-order valence-electron chi connectivity index (χ1n) is 7.63. The highest BCUT2D eigenvalue weighted by atomic mass is 35.5. The van der Waals surface area contributed by atoms with Crippen molar-refractivity contribution in [1.29, 1.82) is 0 Å².